The first-order valence-electron chi connectivity index (χ1n) is 10.5. The molecule has 2 amide bonds. The fraction of sp³-hybridized carbons (Fsp3) is 0.375. The number of amides is 2. The van der Waals surface area contributed by atoms with Crippen molar-refractivity contribution in [1.29, 1.82) is 0 Å². The molecule has 1 aliphatic heterocycles. The highest BCUT2D eigenvalue weighted by atomic mass is 16.5. The van der Waals surface area contributed by atoms with Crippen LogP contribution in [0, 0.1) is 0 Å². The molecule has 7 nitrogen and oxygen atoms in total. The Balaban J connectivity index is 1.46. The minimum absolute atomic E-state index is 0.0623. The predicted octanol–water partition coefficient (Wildman–Crippen LogP) is 3.04. The summed E-state index contributed by atoms with van der Waals surface area (Å²) in [6, 6.07) is 14.0. The Hall–Kier alpha value is -3.35. The van der Waals surface area contributed by atoms with E-state index >= 15 is 0 Å². The van der Waals surface area contributed by atoms with Crippen molar-refractivity contribution in [3.8, 4) is 11.5 Å². The van der Waals surface area contributed by atoms with Crippen molar-refractivity contribution in [3.63, 3.8) is 0 Å². The molecule has 1 heterocycles. The molecule has 0 saturated carbocycles. The quantitative estimate of drug-likeness (QED) is 0.609. The number of hydrogen-bond acceptors (Lipinski definition) is 5. The zero-order valence-electron chi connectivity index (χ0n) is 18.0. The van der Waals surface area contributed by atoms with Gasteiger partial charge in [0.05, 0.1) is 13.7 Å². The maximum atomic E-state index is 12.7. The Bertz CT molecular complexity index is 918. The summed E-state index contributed by atoms with van der Waals surface area (Å²) in [4.78, 5) is 41.1. The first-order chi connectivity index (χ1) is 15.0. The number of carbonyl (C=O) groups is 3. The van der Waals surface area contributed by atoms with Gasteiger partial charge >= 0.3 is 0 Å². The molecule has 2 aromatic carbocycles. The number of benzene rings is 2. The summed E-state index contributed by atoms with van der Waals surface area (Å²) >= 11 is 0. The third-order valence-corrected chi connectivity index (χ3v) is 5.29. The van der Waals surface area contributed by atoms with Crippen LogP contribution in [0.15, 0.2) is 48.5 Å². The minimum atomic E-state index is -0.0725. The molecule has 0 aromatic heterocycles. The molecule has 31 heavy (non-hydrogen) atoms. The van der Waals surface area contributed by atoms with E-state index < -0.39 is 0 Å². The number of piperazine rings is 1. The number of ether oxygens (including phenoxy) is 2. The summed E-state index contributed by atoms with van der Waals surface area (Å²) in [5.41, 5.74) is 1.14. The molecule has 2 aromatic rings. The van der Waals surface area contributed by atoms with Crippen LogP contribution in [0.4, 0.5) is 0 Å². The summed E-state index contributed by atoms with van der Waals surface area (Å²) in [6.45, 7) is 4.33. The highest BCUT2D eigenvalue weighted by molar-refractivity contribution is 5.98. The van der Waals surface area contributed by atoms with E-state index in [1.165, 1.54) is 0 Å². The van der Waals surface area contributed by atoms with E-state index in [1.54, 1.807) is 65.4 Å². The molecule has 0 spiro atoms. The lowest BCUT2D eigenvalue weighted by atomic mass is 10.1. The Morgan fingerprint density at radius 2 is 1.52 bits per heavy atom. The minimum Gasteiger partial charge on any atom is -0.497 e. The van der Waals surface area contributed by atoms with Crippen molar-refractivity contribution in [2.24, 2.45) is 0 Å². The highest BCUT2D eigenvalue weighted by Crippen LogP contribution is 2.17. The Kier molecular flexibility index (Phi) is 7.65. The van der Waals surface area contributed by atoms with Crippen molar-refractivity contribution < 1.29 is 23.9 Å². The first-order valence-corrected chi connectivity index (χ1v) is 10.5. The van der Waals surface area contributed by atoms with E-state index in [0.29, 0.717) is 49.7 Å². The van der Waals surface area contributed by atoms with Gasteiger partial charge in [0.1, 0.15) is 11.5 Å². The zero-order chi connectivity index (χ0) is 22.2. The van der Waals surface area contributed by atoms with Crippen LogP contribution >= 0.6 is 0 Å². The van der Waals surface area contributed by atoms with Crippen LogP contribution in [0.25, 0.3) is 0 Å². The number of carbonyl (C=O) groups excluding carboxylic acids is 3. The average Bonchev–Trinajstić information content (AvgIpc) is 2.82. The summed E-state index contributed by atoms with van der Waals surface area (Å²) < 4.78 is 10.6. The number of methoxy groups -OCH3 is 1. The lowest BCUT2D eigenvalue weighted by Gasteiger charge is -2.35. The molecule has 0 aliphatic carbocycles. The van der Waals surface area contributed by atoms with E-state index in [-0.39, 0.29) is 30.4 Å². The van der Waals surface area contributed by atoms with Crippen molar-refractivity contribution >= 4 is 17.6 Å². The van der Waals surface area contributed by atoms with E-state index in [2.05, 4.69) is 0 Å². The van der Waals surface area contributed by atoms with Crippen LogP contribution in [-0.4, -0.2) is 67.3 Å². The molecule has 1 fully saturated rings. The topological polar surface area (TPSA) is 76.2 Å². The first kappa shape index (κ1) is 22.3. The number of rotatable bonds is 8. The smallest absolute Gasteiger partial charge is 0.254 e. The monoisotopic (exact) mass is 424 g/mol. The average molecular weight is 424 g/mol. The second kappa shape index (κ2) is 10.6. The van der Waals surface area contributed by atoms with Gasteiger partial charge in [-0.15, -0.1) is 0 Å². The molecule has 1 saturated heterocycles. The maximum absolute atomic E-state index is 12.7. The molecule has 7 heteroatoms. The second-order valence-electron chi connectivity index (χ2n) is 7.29. The summed E-state index contributed by atoms with van der Waals surface area (Å²) in [5, 5.41) is 0. The van der Waals surface area contributed by atoms with Crippen LogP contribution in [0.2, 0.25) is 0 Å². The maximum Gasteiger partial charge on any atom is 0.254 e. The van der Waals surface area contributed by atoms with Gasteiger partial charge < -0.3 is 19.3 Å². The number of ketones is 1. The number of Topliss-reactive ketones (excluding diaryl/α,β-unsaturated/α-hetero) is 1. The van der Waals surface area contributed by atoms with Crippen molar-refractivity contribution in [3.05, 3.63) is 59.7 Å². The van der Waals surface area contributed by atoms with E-state index in [9.17, 15) is 14.4 Å². The number of hydrogen-bond donors (Lipinski definition) is 0. The van der Waals surface area contributed by atoms with Crippen molar-refractivity contribution in [2.45, 2.75) is 19.8 Å². The van der Waals surface area contributed by atoms with Gasteiger partial charge in [-0.25, -0.2) is 0 Å². The van der Waals surface area contributed by atoms with Gasteiger partial charge in [-0.2, -0.15) is 0 Å². The SMILES string of the molecule is CCOc1ccc(C(=O)CCC(=O)N2CCN(C(=O)c3cccc(OC)c3)CC2)cc1. The molecule has 0 atom stereocenters. The van der Waals surface area contributed by atoms with E-state index in [4.69, 9.17) is 9.47 Å². The summed E-state index contributed by atoms with van der Waals surface area (Å²) in [5.74, 6) is 1.15. The van der Waals surface area contributed by atoms with Crippen LogP contribution in [0.5, 0.6) is 11.5 Å². The van der Waals surface area contributed by atoms with Crippen LogP contribution in [0.3, 0.4) is 0 Å². The van der Waals surface area contributed by atoms with Gasteiger partial charge in [0, 0.05) is 50.1 Å². The molecule has 3 rings (SSSR count). The largest absolute Gasteiger partial charge is 0.497 e. The normalized spacial score (nSPS) is 13.6. The molecule has 0 N–H and O–H groups in total. The molecule has 0 unspecified atom stereocenters. The van der Waals surface area contributed by atoms with Crippen LogP contribution in [-0.2, 0) is 4.79 Å². The Labute approximate surface area is 182 Å². The third kappa shape index (κ3) is 5.84. The van der Waals surface area contributed by atoms with Gasteiger partial charge in [0.2, 0.25) is 5.91 Å². The Morgan fingerprint density at radius 1 is 0.839 bits per heavy atom. The standard InChI is InChI=1S/C24H28N2O5/c1-3-31-20-9-7-18(8-10-20)22(27)11-12-23(28)25-13-15-26(16-14-25)24(29)19-5-4-6-21(17-19)30-2/h4-10,17H,3,11-16H2,1-2H3. The van der Waals surface area contributed by atoms with Crippen LogP contribution in [0.1, 0.15) is 40.5 Å². The van der Waals surface area contributed by atoms with Crippen LogP contribution < -0.4 is 9.47 Å². The molecule has 0 bridgehead atoms. The summed E-state index contributed by atoms with van der Waals surface area (Å²) in [6.07, 6.45) is 0.325. The molecule has 0 radical (unpaired) electrons. The van der Waals surface area contributed by atoms with Gasteiger partial charge in [0.15, 0.2) is 5.78 Å². The highest BCUT2D eigenvalue weighted by Gasteiger charge is 2.25. The third-order valence-electron chi connectivity index (χ3n) is 5.29. The molecular formula is C24H28N2O5. The molecule has 164 valence electrons. The van der Waals surface area contributed by atoms with Crippen molar-refractivity contribution in [1.82, 2.24) is 9.80 Å². The second-order valence-corrected chi connectivity index (χ2v) is 7.29. The Morgan fingerprint density at radius 3 is 2.16 bits per heavy atom. The predicted molar refractivity (Wildman–Crippen MR) is 117 cm³/mol. The fourth-order valence-corrected chi connectivity index (χ4v) is 3.52. The van der Waals surface area contributed by atoms with Gasteiger partial charge in [0.25, 0.3) is 5.91 Å². The number of nitrogens with zero attached hydrogens (tertiary/aromatic N) is 2. The van der Waals surface area contributed by atoms with Gasteiger partial charge in [-0.05, 0) is 49.4 Å². The molecule has 1 aliphatic rings. The van der Waals surface area contributed by atoms with E-state index in [1.807, 2.05) is 6.92 Å². The summed E-state index contributed by atoms with van der Waals surface area (Å²) in [7, 11) is 1.56. The molecular weight excluding hydrogens is 396 g/mol. The van der Waals surface area contributed by atoms with Gasteiger partial charge in [-0.3, -0.25) is 14.4 Å². The van der Waals surface area contributed by atoms with E-state index in [0.717, 1.165) is 5.75 Å². The fourth-order valence-electron chi connectivity index (χ4n) is 3.52. The van der Waals surface area contributed by atoms with Crippen molar-refractivity contribution in [2.75, 3.05) is 39.9 Å². The van der Waals surface area contributed by atoms with Gasteiger partial charge in [-0.1, -0.05) is 6.07 Å². The zero-order valence-corrected chi connectivity index (χ0v) is 18.0. The lowest BCUT2D eigenvalue weighted by Crippen LogP contribution is -2.50. The lowest BCUT2D eigenvalue weighted by molar-refractivity contribution is -0.132.